The van der Waals surface area contributed by atoms with Gasteiger partial charge in [0.2, 0.25) is 0 Å². The molecule has 0 aliphatic rings. The summed E-state index contributed by atoms with van der Waals surface area (Å²) in [5.74, 6) is -2.23. The van der Waals surface area contributed by atoms with Gasteiger partial charge in [-0.2, -0.15) is 0 Å². The highest BCUT2D eigenvalue weighted by atomic mass is 16.4. The van der Waals surface area contributed by atoms with Gasteiger partial charge in [-0.25, -0.2) is 0 Å². The lowest BCUT2D eigenvalue weighted by Gasteiger charge is -2.27. The van der Waals surface area contributed by atoms with Crippen LogP contribution in [0, 0.1) is 11.3 Å². The van der Waals surface area contributed by atoms with Crippen molar-refractivity contribution >= 4 is 11.8 Å². The number of rotatable bonds is 4. The molecule has 0 saturated heterocycles. The zero-order chi connectivity index (χ0) is 9.94. The predicted octanol–water partition coefficient (Wildman–Crippen LogP) is 0.295. The summed E-state index contributed by atoms with van der Waals surface area (Å²) in [6, 6.07) is 0. The Labute approximate surface area is 71.2 Å². The Morgan fingerprint density at radius 1 is 1.50 bits per heavy atom. The number of aliphatic hydroxyl groups is 1. The number of carbonyl (C=O) groups is 2. The SMILES string of the molecule is CC(=O)C(C)(CO)C(C)C(=O)O. The van der Waals surface area contributed by atoms with Crippen LogP contribution >= 0.6 is 0 Å². The van der Waals surface area contributed by atoms with E-state index in [4.69, 9.17) is 10.2 Å². The van der Waals surface area contributed by atoms with Gasteiger partial charge in [0.1, 0.15) is 5.78 Å². The Bertz CT molecular complexity index is 199. The Balaban J connectivity index is 4.75. The zero-order valence-electron chi connectivity index (χ0n) is 7.50. The van der Waals surface area contributed by atoms with Crippen molar-refractivity contribution in [3.63, 3.8) is 0 Å². The number of carboxylic acids is 1. The van der Waals surface area contributed by atoms with E-state index in [9.17, 15) is 9.59 Å². The van der Waals surface area contributed by atoms with Crippen LogP contribution in [0.2, 0.25) is 0 Å². The van der Waals surface area contributed by atoms with E-state index < -0.39 is 23.9 Å². The van der Waals surface area contributed by atoms with Gasteiger partial charge in [0.15, 0.2) is 0 Å². The molecule has 0 rings (SSSR count). The van der Waals surface area contributed by atoms with Gasteiger partial charge >= 0.3 is 5.97 Å². The second kappa shape index (κ2) is 3.67. The quantitative estimate of drug-likeness (QED) is 0.642. The van der Waals surface area contributed by atoms with E-state index in [0.717, 1.165) is 0 Å². The summed E-state index contributed by atoms with van der Waals surface area (Å²) in [6.07, 6.45) is 0. The van der Waals surface area contributed by atoms with Crippen molar-refractivity contribution < 1.29 is 19.8 Å². The minimum absolute atomic E-state index is 0.306. The number of ketones is 1. The standard InChI is InChI=1S/C8H14O4/c1-5(7(11)12)8(3,4-9)6(2)10/h5,9H,4H2,1-3H3,(H,11,12). The smallest absolute Gasteiger partial charge is 0.307 e. The second-order valence-electron chi connectivity index (χ2n) is 3.19. The van der Waals surface area contributed by atoms with E-state index in [-0.39, 0.29) is 5.78 Å². The lowest BCUT2D eigenvalue weighted by atomic mass is 9.76. The van der Waals surface area contributed by atoms with Crippen molar-refractivity contribution in [2.24, 2.45) is 11.3 Å². The molecule has 0 spiro atoms. The van der Waals surface area contributed by atoms with Gasteiger partial charge in [0.25, 0.3) is 0 Å². The van der Waals surface area contributed by atoms with Crippen LogP contribution in [0.5, 0.6) is 0 Å². The topological polar surface area (TPSA) is 74.6 Å². The maximum Gasteiger partial charge on any atom is 0.307 e. The van der Waals surface area contributed by atoms with Gasteiger partial charge in [0.05, 0.1) is 17.9 Å². The average molecular weight is 174 g/mol. The Hall–Kier alpha value is -0.900. The summed E-state index contributed by atoms with van der Waals surface area (Å²) in [4.78, 5) is 21.6. The Morgan fingerprint density at radius 3 is 2.00 bits per heavy atom. The average Bonchev–Trinajstić information content (AvgIpc) is 2.01. The second-order valence-corrected chi connectivity index (χ2v) is 3.19. The van der Waals surface area contributed by atoms with Gasteiger partial charge in [0, 0.05) is 0 Å². The molecule has 0 bridgehead atoms. The first-order chi connectivity index (χ1) is 5.36. The third-order valence-electron chi connectivity index (χ3n) is 2.46. The maximum absolute atomic E-state index is 11.0. The molecular weight excluding hydrogens is 160 g/mol. The first-order valence-corrected chi connectivity index (χ1v) is 3.71. The first-order valence-electron chi connectivity index (χ1n) is 3.71. The minimum Gasteiger partial charge on any atom is -0.481 e. The summed E-state index contributed by atoms with van der Waals surface area (Å²) in [7, 11) is 0. The largest absolute Gasteiger partial charge is 0.481 e. The van der Waals surface area contributed by atoms with Gasteiger partial charge in [-0.3, -0.25) is 9.59 Å². The molecule has 0 aromatic carbocycles. The highest BCUT2D eigenvalue weighted by Gasteiger charge is 2.39. The van der Waals surface area contributed by atoms with E-state index >= 15 is 0 Å². The van der Waals surface area contributed by atoms with Crippen LogP contribution in [-0.4, -0.2) is 28.6 Å². The van der Waals surface area contributed by atoms with Gasteiger partial charge < -0.3 is 10.2 Å². The van der Waals surface area contributed by atoms with Crippen molar-refractivity contribution in [3.8, 4) is 0 Å². The Kier molecular flexibility index (Phi) is 3.39. The molecule has 2 atom stereocenters. The molecule has 70 valence electrons. The van der Waals surface area contributed by atoms with Crippen LogP contribution in [0.15, 0.2) is 0 Å². The predicted molar refractivity (Wildman–Crippen MR) is 42.7 cm³/mol. The van der Waals surface area contributed by atoms with E-state index in [0.29, 0.717) is 0 Å². The summed E-state index contributed by atoms with van der Waals surface area (Å²) in [6.45, 7) is 3.72. The molecule has 0 saturated carbocycles. The van der Waals surface area contributed by atoms with Crippen LogP contribution in [0.3, 0.4) is 0 Å². The molecule has 0 aromatic rings. The summed E-state index contributed by atoms with van der Waals surface area (Å²) in [5.41, 5.74) is -1.16. The highest BCUT2D eigenvalue weighted by molar-refractivity contribution is 5.87. The number of carbonyl (C=O) groups excluding carboxylic acids is 1. The van der Waals surface area contributed by atoms with Crippen molar-refractivity contribution in [1.82, 2.24) is 0 Å². The summed E-state index contributed by atoms with van der Waals surface area (Å²) < 4.78 is 0. The lowest BCUT2D eigenvalue weighted by Crippen LogP contribution is -2.40. The van der Waals surface area contributed by atoms with Crippen molar-refractivity contribution in [2.75, 3.05) is 6.61 Å². The number of aliphatic carboxylic acids is 1. The monoisotopic (exact) mass is 174 g/mol. The first kappa shape index (κ1) is 11.1. The molecule has 4 heteroatoms. The third kappa shape index (κ3) is 1.82. The molecular formula is C8H14O4. The fourth-order valence-corrected chi connectivity index (χ4v) is 0.826. The normalized spacial score (nSPS) is 18.0. The number of aliphatic hydroxyl groups excluding tert-OH is 1. The molecule has 0 aliphatic heterocycles. The van der Waals surface area contributed by atoms with Gasteiger partial charge in [-0.15, -0.1) is 0 Å². The Morgan fingerprint density at radius 2 is 1.92 bits per heavy atom. The van der Waals surface area contributed by atoms with Crippen LogP contribution < -0.4 is 0 Å². The van der Waals surface area contributed by atoms with Crippen LogP contribution in [0.25, 0.3) is 0 Å². The maximum atomic E-state index is 11.0. The number of hydrogen-bond donors (Lipinski definition) is 2. The zero-order valence-corrected chi connectivity index (χ0v) is 7.50. The molecule has 12 heavy (non-hydrogen) atoms. The van der Waals surface area contributed by atoms with Crippen molar-refractivity contribution in [1.29, 1.82) is 0 Å². The van der Waals surface area contributed by atoms with Crippen LogP contribution in [-0.2, 0) is 9.59 Å². The number of hydrogen-bond acceptors (Lipinski definition) is 3. The van der Waals surface area contributed by atoms with E-state index in [1.54, 1.807) is 0 Å². The fraction of sp³-hybridized carbons (Fsp3) is 0.750. The molecule has 4 nitrogen and oxygen atoms in total. The molecule has 0 amide bonds. The number of Topliss-reactive ketones (excluding diaryl/α,β-unsaturated/α-hetero) is 1. The molecule has 0 fully saturated rings. The molecule has 0 aromatic heterocycles. The summed E-state index contributed by atoms with van der Waals surface area (Å²) in [5, 5.41) is 17.5. The van der Waals surface area contributed by atoms with Gasteiger partial charge in [-0.1, -0.05) is 6.92 Å². The van der Waals surface area contributed by atoms with Crippen molar-refractivity contribution in [2.45, 2.75) is 20.8 Å². The molecule has 0 aliphatic carbocycles. The summed E-state index contributed by atoms with van der Waals surface area (Å²) >= 11 is 0. The third-order valence-corrected chi connectivity index (χ3v) is 2.46. The van der Waals surface area contributed by atoms with E-state index in [1.165, 1.54) is 20.8 Å². The fourth-order valence-electron chi connectivity index (χ4n) is 0.826. The molecule has 2 unspecified atom stereocenters. The minimum atomic E-state index is -1.16. The number of carboxylic acid groups (broad SMARTS) is 1. The molecule has 0 heterocycles. The highest BCUT2D eigenvalue weighted by Crippen LogP contribution is 2.27. The van der Waals surface area contributed by atoms with Crippen LogP contribution in [0.1, 0.15) is 20.8 Å². The lowest BCUT2D eigenvalue weighted by molar-refractivity contribution is -0.152. The van der Waals surface area contributed by atoms with Crippen molar-refractivity contribution in [3.05, 3.63) is 0 Å². The van der Waals surface area contributed by atoms with Crippen LogP contribution in [0.4, 0.5) is 0 Å². The van der Waals surface area contributed by atoms with E-state index in [1.807, 2.05) is 0 Å². The molecule has 0 radical (unpaired) electrons. The van der Waals surface area contributed by atoms with Gasteiger partial charge in [-0.05, 0) is 13.8 Å². The molecule has 2 N–H and O–H groups in total. The van der Waals surface area contributed by atoms with E-state index in [2.05, 4.69) is 0 Å².